The van der Waals surface area contributed by atoms with Gasteiger partial charge in [-0.3, -0.25) is 4.90 Å². The van der Waals surface area contributed by atoms with Gasteiger partial charge in [0.1, 0.15) is 0 Å². The van der Waals surface area contributed by atoms with Crippen LogP contribution in [0, 0.1) is 0 Å². The Morgan fingerprint density at radius 2 is 1.80 bits per heavy atom. The predicted molar refractivity (Wildman–Crippen MR) is 68.2 cm³/mol. The van der Waals surface area contributed by atoms with E-state index in [1.54, 1.807) is 0 Å². The lowest BCUT2D eigenvalue weighted by molar-refractivity contribution is 0.207. The maximum atomic E-state index is 2.70. The van der Waals surface area contributed by atoms with E-state index in [4.69, 9.17) is 0 Å². The highest BCUT2D eigenvalue weighted by atomic mass is 15.1. The van der Waals surface area contributed by atoms with Crippen LogP contribution in [0.25, 0.3) is 0 Å². The summed E-state index contributed by atoms with van der Waals surface area (Å²) in [5.74, 6) is 0. The summed E-state index contributed by atoms with van der Waals surface area (Å²) < 4.78 is 0. The van der Waals surface area contributed by atoms with Crippen LogP contribution in [0.3, 0.4) is 0 Å². The van der Waals surface area contributed by atoms with Crippen LogP contribution >= 0.6 is 0 Å². The maximum absolute atomic E-state index is 2.70. The Bertz CT molecular complexity index is 166. The molecule has 0 N–H and O–H groups in total. The van der Waals surface area contributed by atoms with Crippen molar-refractivity contribution in [3.05, 3.63) is 12.2 Å². The molecule has 0 amide bonds. The summed E-state index contributed by atoms with van der Waals surface area (Å²) in [6.45, 7) is 7.17. The molecule has 0 saturated carbocycles. The van der Waals surface area contributed by atoms with Crippen LogP contribution in [0.5, 0.6) is 0 Å². The van der Waals surface area contributed by atoms with Crippen LogP contribution in [0.2, 0.25) is 0 Å². The molecule has 1 heteroatoms. The van der Waals surface area contributed by atoms with Crippen molar-refractivity contribution < 1.29 is 0 Å². The lowest BCUT2D eigenvalue weighted by atomic mass is 10.0. The van der Waals surface area contributed by atoms with Gasteiger partial charge < -0.3 is 0 Å². The van der Waals surface area contributed by atoms with Crippen molar-refractivity contribution in [1.29, 1.82) is 0 Å². The number of nitrogens with zero attached hydrogens (tertiary/aromatic N) is 1. The second kappa shape index (κ2) is 7.92. The zero-order chi connectivity index (χ0) is 10.9. The SMILES string of the molecule is CCCCN(CCCC)[C@H]1C=CCCC1. The van der Waals surface area contributed by atoms with Crippen LogP contribution in [-0.4, -0.2) is 24.0 Å². The topological polar surface area (TPSA) is 3.24 Å². The van der Waals surface area contributed by atoms with Crippen LogP contribution in [0.15, 0.2) is 12.2 Å². The van der Waals surface area contributed by atoms with Gasteiger partial charge in [-0.1, -0.05) is 38.8 Å². The molecule has 1 aliphatic carbocycles. The third kappa shape index (κ3) is 4.83. The Hall–Kier alpha value is -0.300. The predicted octanol–water partition coefficient (Wildman–Crippen LogP) is 4.00. The molecule has 88 valence electrons. The molecular formula is C14H27N. The third-order valence-corrected chi connectivity index (χ3v) is 3.30. The summed E-state index contributed by atoms with van der Waals surface area (Å²) in [4.78, 5) is 2.70. The summed E-state index contributed by atoms with van der Waals surface area (Å²) in [5.41, 5.74) is 0. The molecule has 0 aromatic heterocycles. The van der Waals surface area contributed by atoms with E-state index in [1.165, 1.54) is 58.0 Å². The highest BCUT2D eigenvalue weighted by Gasteiger charge is 2.16. The van der Waals surface area contributed by atoms with Crippen molar-refractivity contribution in [2.75, 3.05) is 13.1 Å². The van der Waals surface area contributed by atoms with Crippen LogP contribution < -0.4 is 0 Å². The minimum absolute atomic E-state index is 0.747. The zero-order valence-electron chi connectivity index (χ0n) is 10.5. The Kier molecular flexibility index (Phi) is 6.74. The maximum Gasteiger partial charge on any atom is 0.0278 e. The van der Waals surface area contributed by atoms with E-state index in [9.17, 15) is 0 Å². The molecule has 15 heavy (non-hydrogen) atoms. The highest BCUT2D eigenvalue weighted by Crippen LogP contribution is 2.17. The first-order valence-corrected chi connectivity index (χ1v) is 6.79. The van der Waals surface area contributed by atoms with Gasteiger partial charge in [-0.15, -0.1) is 0 Å². The number of hydrogen-bond acceptors (Lipinski definition) is 1. The van der Waals surface area contributed by atoms with Gasteiger partial charge in [0.05, 0.1) is 0 Å². The molecule has 0 heterocycles. The minimum Gasteiger partial charge on any atom is -0.297 e. The lowest BCUT2D eigenvalue weighted by Crippen LogP contribution is -2.36. The monoisotopic (exact) mass is 209 g/mol. The van der Waals surface area contributed by atoms with Crippen LogP contribution in [0.4, 0.5) is 0 Å². The van der Waals surface area contributed by atoms with Crippen LogP contribution in [-0.2, 0) is 0 Å². The van der Waals surface area contributed by atoms with E-state index >= 15 is 0 Å². The number of unbranched alkanes of at least 4 members (excludes halogenated alkanes) is 2. The number of allylic oxidation sites excluding steroid dienone is 1. The van der Waals surface area contributed by atoms with E-state index in [-0.39, 0.29) is 0 Å². The Labute approximate surface area is 95.5 Å². The first-order valence-electron chi connectivity index (χ1n) is 6.79. The van der Waals surface area contributed by atoms with Crippen molar-refractivity contribution in [2.45, 2.75) is 64.8 Å². The van der Waals surface area contributed by atoms with Crippen molar-refractivity contribution in [3.8, 4) is 0 Å². The molecular weight excluding hydrogens is 182 g/mol. The van der Waals surface area contributed by atoms with E-state index in [1.807, 2.05) is 0 Å². The van der Waals surface area contributed by atoms with E-state index in [2.05, 4.69) is 30.9 Å². The molecule has 1 atom stereocenters. The summed E-state index contributed by atoms with van der Waals surface area (Å²) in [5, 5.41) is 0. The Balaban J connectivity index is 2.38. The summed E-state index contributed by atoms with van der Waals surface area (Å²) in [6, 6.07) is 0.747. The van der Waals surface area contributed by atoms with Crippen molar-refractivity contribution in [2.24, 2.45) is 0 Å². The van der Waals surface area contributed by atoms with Crippen molar-refractivity contribution in [1.82, 2.24) is 4.90 Å². The number of rotatable bonds is 7. The molecule has 1 nitrogen and oxygen atoms in total. The first kappa shape index (κ1) is 12.8. The van der Waals surface area contributed by atoms with Gasteiger partial charge in [0, 0.05) is 6.04 Å². The molecule has 1 rings (SSSR count). The second-order valence-electron chi connectivity index (χ2n) is 4.67. The molecule has 0 aromatic carbocycles. The normalized spacial score (nSPS) is 21.1. The molecule has 0 aromatic rings. The third-order valence-electron chi connectivity index (χ3n) is 3.30. The quantitative estimate of drug-likeness (QED) is 0.573. The molecule has 0 radical (unpaired) electrons. The smallest absolute Gasteiger partial charge is 0.0278 e. The van der Waals surface area contributed by atoms with Gasteiger partial charge in [-0.2, -0.15) is 0 Å². The summed E-state index contributed by atoms with van der Waals surface area (Å²) in [6.07, 6.45) is 14.2. The summed E-state index contributed by atoms with van der Waals surface area (Å²) in [7, 11) is 0. The number of hydrogen-bond donors (Lipinski definition) is 0. The van der Waals surface area contributed by atoms with Crippen LogP contribution in [0.1, 0.15) is 58.8 Å². The highest BCUT2D eigenvalue weighted by molar-refractivity contribution is 4.98. The fourth-order valence-corrected chi connectivity index (χ4v) is 2.26. The van der Waals surface area contributed by atoms with E-state index < -0.39 is 0 Å². The van der Waals surface area contributed by atoms with E-state index in [0.717, 1.165) is 6.04 Å². The van der Waals surface area contributed by atoms with Gasteiger partial charge in [0.25, 0.3) is 0 Å². The average molecular weight is 209 g/mol. The fraction of sp³-hybridized carbons (Fsp3) is 0.857. The van der Waals surface area contributed by atoms with Crippen molar-refractivity contribution >= 4 is 0 Å². The second-order valence-corrected chi connectivity index (χ2v) is 4.67. The van der Waals surface area contributed by atoms with Crippen molar-refractivity contribution in [3.63, 3.8) is 0 Å². The van der Waals surface area contributed by atoms with E-state index in [0.29, 0.717) is 0 Å². The molecule has 0 unspecified atom stereocenters. The fourth-order valence-electron chi connectivity index (χ4n) is 2.26. The Morgan fingerprint density at radius 3 is 2.27 bits per heavy atom. The standard InChI is InChI=1S/C14H27N/c1-3-5-12-15(13-6-4-2)14-10-8-7-9-11-14/h8,10,14H,3-7,9,11-13H2,1-2H3/t14-/m0/s1. The molecule has 0 fully saturated rings. The average Bonchev–Trinajstić information content (AvgIpc) is 2.30. The van der Waals surface area contributed by atoms with Gasteiger partial charge in [0.15, 0.2) is 0 Å². The largest absolute Gasteiger partial charge is 0.297 e. The van der Waals surface area contributed by atoms with Gasteiger partial charge >= 0.3 is 0 Å². The Morgan fingerprint density at radius 1 is 1.13 bits per heavy atom. The molecule has 0 bridgehead atoms. The van der Waals surface area contributed by atoms with Gasteiger partial charge in [0.2, 0.25) is 0 Å². The first-order chi connectivity index (χ1) is 7.38. The molecule has 0 aliphatic heterocycles. The lowest BCUT2D eigenvalue weighted by Gasteiger charge is -2.31. The summed E-state index contributed by atoms with van der Waals surface area (Å²) >= 11 is 0. The van der Waals surface area contributed by atoms with Gasteiger partial charge in [-0.05, 0) is 45.2 Å². The molecule has 0 saturated heterocycles. The van der Waals surface area contributed by atoms with Gasteiger partial charge in [-0.25, -0.2) is 0 Å². The minimum atomic E-state index is 0.747. The molecule has 0 spiro atoms. The zero-order valence-corrected chi connectivity index (χ0v) is 10.5. The molecule has 1 aliphatic rings.